The molecule has 82 valence electrons. The van der Waals surface area contributed by atoms with Crippen LogP contribution in [0.5, 0.6) is 0 Å². The first-order valence-corrected chi connectivity index (χ1v) is 6.43. The highest BCUT2D eigenvalue weighted by Gasteiger charge is 2.20. The van der Waals surface area contributed by atoms with Crippen molar-refractivity contribution in [2.75, 3.05) is 24.6 Å². The van der Waals surface area contributed by atoms with Gasteiger partial charge in [0.05, 0.1) is 6.42 Å². The molecule has 1 heterocycles. The summed E-state index contributed by atoms with van der Waals surface area (Å²) >= 11 is 1.99. The molecule has 1 N–H and O–H groups in total. The van der Waals surface area contributed by atoms with E-state index in [4.69, 9.17) is 5.11 Å². The first-order chi connectivity index (χ1) is 6.74. The molecular weight excluding hydrogens is 198 g/mol. The Balaban J connectivity index is 2.31. The molecule has 14 heavy (non-hydrogen) atoms. The Bertz CT molecular complexity index is 181. The number of carboxylic acid groups (broad SMARTS) is 1. The van der Waals surface area contributed by atoms with E-state index >= 15 is 0 Å². The van der Waals surface area contributed by atoms with Crippen molar-refractivity contribution >= 4 is 17.7 Å². The molecule has 0 aromatic rings. The Labute approximate surface area is 89.9 Å². The van der Waals surface area contributed by atoms with Gasteiger partial charge in [-0.1, -0.05) is 6.92 Å². The zero-order chi connectivity index (χ0) is 10.4. The Morgan fingerprint density at radius 1 is 1.64 bits per heavy atom. The zero-order valence-corrected chi connectivity index (χ0v) is 9.55. The topological polar surface area (TPSA) is 40.5 Å². The number of carbonyl (C=O) groups is 1. The average Bonchev–Trinajstić information content (AvgIpc) is 2.20. The monoisotopic (exact) mass is 217 g/mol. The molecule has 0 radical (unpaired) electrons. The van der Waals surface area contributed by atoms with E-state index in [-0.39, 0.29) is 6.42 Å². The summed E-state index contributed by atoms with van der Waals surface area (Å²) in [7, 11) is 0. The quantitative estimate of drug-likeness (QED) is 0.760. The molecule has 0 aliphatic carbocycles. The van der Waals surface area contributed by atoms with Crippen LogP contribution in [0.3, 0.4) is 0 Å². The van der Waals surface area contributed by atoms with Crippen LogP contribution in [0.2, 0.25) is 0 Å². The second kappa shape index (κ2) is 6.30. The number of thioether (sulfide) groups is 1. The van der Waals surface area contributed by atoms with Crippen molar-refractivity contribution in [1.29, 1.82) is 0 Å². The third-order valence-electron chi connectivity index (χ3n) is 2.67. The molecule has 0 amide bonds. The van der Waals surface area contributed by atoms with Gasteiger partial charge in [0.2, 0.25) is 0 Å². The van der Waals surface area contributed by atoms with Gasteiger partial charge in [-0.3, -0.25) is 9.69 Å². The zero-order valence-electron chi connectivity index (χ0n) is 8.74. The van der Waals surface area contributed by atoms with E-state index in [1.165, 1.54) is 24.3 Å². The SMILES string of the molecule is CCN(CCC(=O)O)C1CCCSC1. The highest BCUT2D eigenvalue weighted by molar-refractivity contribution is 7.99. The van der Waals surface area contributed by atoms with Gasteiger partial charge in [0.1, 0.15) is 0 Å². The van der Waals surface area contributed by atoms with Crippen LogP contribution in [0.15, 0.2) is 0 Å². The normalized spacial score (nSPS) is 22.6. The summed E-state index contributed by atoms with van der Waals surface area (Å²) in [6.45, 7) is 3.79. The van der Waals surface area contributed by atoms with Crippen LogP contribution in [-0.2, 0) is 4.79 Å². The molecule has 3 nitrogen and oxygen atoms in total. The highest BCUT2D eigenvalue weighted by Crippen LogP contribution is 2.21. The van der Waals surface area contributed by atoms with Crippen molar-refractivity contribution in [2.24, 2.45) is 0 Å². The molecule has 1 unspecified atom stereocenters. The van der Waals surface area contributed by atoms with E-state index < -0.39 is 5.97 Å². The molecule has 1 saturated heterocycles. The smallest absolute Gasteiger partial charge is 0.304 e. The molecule has 1 atom stereocenters. The van der Waals surface area contributed by atoms with Crippen molar-refractivity contribution in [1.82, 2.24) is 4.90 Å². The van der Waals surface area contributed by atoms with E-state index in [0.29, 0.717) is 12.6 Å². The maximum atomic E-state index is 10.5. The minimum absolute atomic E-state index is 0.273. The van der Waals surface area contributed by atoms with Crippen molar-refractivity contribution in [2.45, 2.75) is 32.2 Å². The summed E-state index contributed by atoms with van der Waals surface area (Å²) in [4.78, 5) is 12.8. The summed E-state index contributed by atoms with van der Waals surface area (Å²) in [6, 6.07) is 0.609. The molecule has 4 heteroatoms. The second-order valence-corrected chi connectivity index (χ2v) is 4.79. The predicted molar refractivity (Wildman–Crippen MR) is 59.8 cm³/mol. The van der Waals surface area contributed by atoms with Crippen LogP contribution < -0.4 is 0 Å². The van der Waals surface area contributed by atoms with Crippen LogP contribution in [0.25, 0.3) is 0 Å². The number of hydrogen-bond acceptors (Lipinski definition) is 3. The third-order valence-corrected chi connectivity index (χ3v) is 3.87. The Hall–Kier alpha value is -0.220. The number of carboxylic acids is 1. The molecule has 0 spiro atoms. The van der Waals surface area contributed by atoms with Crippen LogP contribution in [0.4, 0.5) is 0 Å². The molecular formula is C10H19NO2S. The third kappa shape index (κ3) is 3.88. The predicted octanol–water partition coefficient (Wildman–Crippen LogP) is 1.68. The first-order valence-electron chi connectivity index (χ1n) is 5.27. The Kier molecular flexibility index (Phi) is 5.33. The number of nitrogens with zero attached hydrogens (tertiary/aromatic N) is 1. The standard InChI is InChI=1S/C10H19NO2S/c1-2-11(6-5-10(12)13)9-4-3-7-14-8-9/h9H,2-8H2,1H3,(H,12,13). The summed E-state index contributed by atoms with van der Waals surface area (Å²) < 4.78 is 0. The van der Waals surface area contributed by atoms with Crippen molar-refractivity contribution in [3.8, 4) is 0 Å². The Morgan fingerprint density at radius 2 is 2.43 bits per heavy atom. The summed E-state index contributed by atoms with van der Waals surface area (Å²) in [6.07, 6.45) is 2.79. The van der Waals surface area contributed by atoms with Crippen LogP contribution in [-0.4, -0.2) is 46.6 Å². The van der Waals surface area contributed by atoms with Crippen LogP contribution in [0, 0.1) is 0 Å². The van der Waals surface area contributed by atoms with Crippen molar-refractivity contribution in [3.63, 3.8) is 0 Å². The fourth-order valence-corrected chi connectivity index (χ4v) is 3.04. The summed E-state index contributed by atoms with van der Waals surface area (Å²) in [5.74, 6) is 1.76. The van der Waals surface area contributed by atoms with E-state index in [9.17, 15) is 4.79 Å². The average molecular weight is 217 g/mol. The highest BCUT2D eigenvalue weighted by atomic mass is 32.2. The van der Waals surface area contributed by atoms with Crippen molar-refractivity contribution in [3.05, 3.63) is 0 Å². The molecule has 1 aliphatic rings. The first kappa shape index (κ1) is 11.9. The van der Waals surface area contributed by atoms with Gasteiger partial charge in [0.15, 0.2) is 0 Å². The lowest BCUT2D eigenvalue weighted by Gasteiger charge is -2.32. The Morgan fingerprint density at radius 3 is 2.93 bits per heavy atom. The number of rotatable bonds is 5. The summed E-state index contributed by atoms with van der Waals surface area (Å²) in [5, 5.41) is 8.62. The fourth-order valence-electron chi connectivity index (χ4n) is 1.85. The van der Waals surface area contributed by atoms with Crippen LogP contribution >= 0.6 is 11.8 Å². The van der Waals surface area contributed by atoms with Gasteiger partial charge in [0.25, 0.3) is 0 Å². The van der Waals surface area contributed by atoms with Crippen molar-refractivity contribution < 1.29 is 9.90 Å². The van der Waals surface area contributed by atoms with E-state index in [1.54, 1.807) is 0 Å². The molecule has 1 aliphatic heterocycles. The van der Waals surface area contributed by atoms with Gasteiger partial charge in [-0.25, -0.2) is 0 Å². The maximum absolute atomic E-state index is 10.5. The minimum Gasteiger partial charge on any atom is -0.481 e. The summed E-state index contributed by atoms with van der Waals surface area (Å²) in [5.41, 5.74) is 0. The molecule has 0 bridgehead atoms. The fraction of sp³-hybridized carbons (Fsp3) is 0.900. The van der Waals surface area contributed by atoms with Gasteiger partial charge in [-0.15, -0.1) is 0 Å². The van der Waals surface area contributed by atoms with Crippen LogP contribution in [0.1, 0.15) is 26.2 Å². The van der Waals surface area contributed by atoms with E-state index in [2.05, 4.69) is 11.8 Å². The van der Waals surface area contributed by atoms with Gasteiger partial charge in [0, 0.05) is 18.3 Å². The van der Waals surface area contributed by atoms with Gasteiger partial charge in [-0.05, 0) is 25.1 Å². The van der Waals surface area contributed by atoms with Gasteiger partial charge >= 0.3 is 5.97 Å². The number of aliphatic carboxylic acids is 1. The molecule has 0 aromatic carbocycles. The van der Waals surface area contributed by atoms with Gasteiger partial charge in [-0.2, -0.15) is 11.8 Å². The lowest BCUT2D eigenvalue weighted by Crippen LogP contribution is -2.40. The maximum Gasteiger partial charge on any atom is 0.304 e. The molecule has 1 rings (SSSR count). The second-order valence-electron chi connectivity index (χ2n) is 3.64. The largest absolute Gasteiger partial charge is 0.481 e. The number of hydrogen-bond donors (Lipinski definition) is 1. The lowest BCUT2D eigenvalue weighted by molar-refractivity contribution is -0.137. The molecule has 0 aromatic heterocycles. The molecule has 1 fully saturated rings. The van der Waals surface area contributed by atoms with E-state index in [1.807, 2.05) is 11.8 Å². The lowest BCUT2D eigenvalue weighted by atomic mass is 10.1. The van der Waals surface area contributed by atoms with Gasteiger partial charge < -0.3 is 5.11 Å². The minimum atomic E-state index is -0.688. The van der Waals surface area contributed by atoms with E-state index in [0.717, 1.165) is 6.54 Å². The molecule has 0 saturated carbocycles.